The van der Waals surface area contributed by atoms with Gasteiger partial charge in [0.15, 0.2) is 0 Å². The average molecular weight is 383 g/mol. The van der Waals surface area contributed by atoms with Crippen LogP contribution < -0.4 is 4.16 Å². The normalized spacial score (nSPS) is 16.2. The van der Waals surface area contributed by atoms with E-state index in [1.165, 1.54) is 0 Å². The van der Waals surface area contributed by atoms with Crippen molar-refractivity contribution in [3.63, 3.8) is 0 Å². The van der Waals surface area contributed by atoms with Crippen molar-refractivity contribution in [3.05, 3.63) is 59.7 Å². The average Bonchev–Trinajstić information content (AvgIpc) is 2.36. The Balaban J connectivity index is 2.19. The Kier molecular flexibility index (Phi) is 3.20. The van der Waals surface area contributed by atoms with Crippen LogP contribution in [0.1, 0.15) is 15.9 Å². The monoisotopic (exact) mass is 383 g/mol. The van der Waals surface area contributed by atoms with Crippen LogP contribution in [0, 0.1) is 29.9 Å². The van der Waals surface area contributed by atoms with Gasteiger partial charge in [0.05, 0.1) is 0 Å². The third-order valence-corrected chi connectivity index (χ3v) is 7.61. The molecule has 6 heteroatoms. The van der Waals surface area contributed by atoms with Crippen molar-refractivity contribution in [3.8, 4) is 0 Å². The van der Waals surface area contributed by atoms with Gasteiger partial charge in [-0.3, -0.25) is 0 Å². The van der Waals surface area contributed by atoms with E-state index in [4.69, 9.17) is 0 Å². The van der Waals surface area contributed by atoms with Crippen LogP contribution in [-0.4, -0.2) is 9.93 Å². The van der Waals surface area contributed by atoms with Crippen LogP contribution in [0.3, 0.4) is 0 Å². The van der Waals surface area contributed by atoms with Crippen molar-refractivity contribution in [1.29, 1.82) is 0 Å². The van der Waals surface area contributed by atoms with Gasteiger partial charge in [-0.1, -0.05) is 0 Å². The molecule has 0 fully saturated rings. The maximum atomic E-state index is 12.3. The van der Waals surface area contributed by atoms with Crippen molar-refractivity contribution in [1.82, 2.24) is 0 Å². The first kappa shape index (κ1) is 12.8. The van der Waals surface area contributed by atoms with Crippen LogP contribution in [0.5, 0.6) is 0 Å². The fourth-order valence-electron chi connectivity index (χ4n) is 2.17. The maximum absolute atomic E-state index is 12.3. The molecule has 0 spiro atoms. The van der Waals surface area contributed by atoms with Gasteiger partial charge in [0.25, 0.3) is 0 Å². The summed E-state index contributed by atoms with van der Waals surface area (Å²) in [6.45, 7) is 0. The van der Waals surface area contributed by atoms with Crippen molar-refractivity contribution in [2.24, 2.45) is 0 Å². The summed E-state index contributed by atoms with van der Waals surface area (Å²) >= 11 is -4.80. The van der Waals surface area contributed by atoms with Crippen LogP contribution in [0.15, 0.2) is 48.5 Å². The molecule has 0 aromatic heterocycles. The second-order valence-corrected chi connectivity index (χ2v) is 11.2. The SMILES string of the molecule is O=C1c2cccc(c2)[NH][La]([OH])([OH])[NH]c2cccc1c2. The number of benzene rings is 2. The Morgan fingerprint density at radius 1 is 0.842 bits per heavy atom. The Bertz CT molecular complexity index is 604. The van der Waals surface area contributed by atoms with Crippen molar-refractivity contribution >= 4 is 17.2 Å². The first-order chi connectivity index (χ1) is 9.03. The van der Waals surface area contributed by atoms with Gasteiger partial charge in [-0.2, -0.15) is 0 Å². The van der Waals surface area contributed by atoms with E-state index < -0.39 is 29.9 Å². The standard InChI is InChI=1S/C13H10N2O.La.2H2O/c14-11-5-1-3-9(7-11)13(16)10-4-2-6-12(15)8-10;;;/h1-8,14-15H;;2*1H2/q-2;+4;;/p-2. The van der Waals surface area contributed by atoms with Crippen LogP contribution in [-0.2, 0) is 0 Å². The number of rotatable bonds is 0. The number of carbonyl (C=O) groups excluding carboxylic acids is 1. The van der Waals surface area contributed by atoms with E-state index in [2.05, 4.69) is 4.16 Å². The van der Waals surface area contributed by atoms with E-state index in [0.717, 1.165) is 0 Å². The van der Waals surface area contributed by atoms with Crippen LogP contribution >= 0.6 is 0 Å². The summed E-state index contributed by atoms with van der Waals surface area (Å²) in [4.78, 5) is 12.3. The quantitative estimate of drug-likeness (QED) is 0.555. The number of nitrogens with one attached hydrogen (secondary N) is 2. The summed E-state index contributed by atoms with van der Waals surface area (Å²) in [6, 6.07) is 13.5. The molecule has 1 aliphatic heterocycles. The third kappa shape index (κ3) is 2.73. The van der Waals surface area contributed by atoms with Gasteiger partial charge in [-0.25, -0.2) is 0 Å². The summed E-state index contributed by atoms with van der Waals surface area (Å²) in [5.74, 6) is -0.0896. The molecule has 0 unspecified atom stereocenters. The third-order valence-electron chi connectivity index (χ3n) is 2.99. The number of anilines is 2. The van der Waals surface area contributed by atoms with Gasteiger partial charge in [0.1, 0.15) is 0 Å². The molecule has 2 aromatic carbocycles. The zero-order valence-electron chi connectivity index (χ0n) is 10.00. The van der Waals surface area contributed by atoms with Crippen LogP contribution in [0.4, 0.5) is 11.4 Å². The number of hydrogen-bond acceptors (Lipinski definition) is 5. The molecule has 95 valence electrons. The Morgan fingerprint density at radius 3 is 1.79 bits per heavy atom. The summed E-state index contributed by atoms with van der Waals surface area (Å²) in [7, 11) is 0. The van der Waals surface area contributed by atoms with Gasteiger partial charge in [0.2, 0.25) is 0 Å². The first-order valence-corrected chi connectivity index (χ1v) is 12.8. The van der Waals surface area contributed by atoms with Crippen molar-refractivity contribution in [2.75, 3.05) is 4.16 Å². The molecular formula is C13H12LaN2O3. The Morgan fingerprint density at radius 2 is 1.32 bits per heavy atom. The second-order valence-electron chi connectivity index (χ2n) is 4.56. The van der Waals surface area contributed by atoms with E-state index in [1.54, 1.807) is 48.5 Å². The van der Waals surface area contributed by atoms with E-state index >= 15 is 0 Å². The molecular weight excluding hydrogens is 371 g/mol. The molecule has 1 heterocycles. The summed E-state index contributed by atoms with van der Waals surface area (Å²) in [6.07, 6.45) is 0. The van der Waals surface area contributed by atoms with Gasteiger partial charge < -0.3 is 0 Å². The van der Waals surface area contributed by atoms with Gasteiger partial charge in [-0.05, 0) is 0 Å². The van der Waals surface area contributed by atoms with Crippen molar-refractivity contribution in [2.45, 2.75) is 0 Å². The fraction of sp³-hybridized carbons (Fsp3) is 0. The summed E-state index contributed by atoms with van der Waals surface area (Å²) in [5, 5.41) is 0. The van der Waals surface area contributed by atoms with Crippen LogP contribution in [0.25, 0.3) is 0 Å². The van der Waals surface area contributed by atoms with Gasteiger partial charge in [-0.15, -0.1) is 0 Å². The summed E-state index contributed by atoms with van der Waals surface area (Å²) in [5.41, 5.74) is 2.13. The Hall–Kier alpha value is -1.18. The minimum atomic E-state index is -4.80. The molecule has 0 saturated heterocycles. The second kappa shape index (κ2) is 4.74. The molecule has 0 aliphatic carbocycles. The van der Waals surface area contributed by atoms with E-state index in [9.17, 15) is 8.94 Å². The number of carbonyl (C=O) groups is 1. The topological polar surface area (TPSA) is 81.6 Å². The molecule has 0 atom stereocenters. The predicted molar refractivity (Wildman–Crippen MR) is 68.0 cm³/mol. The molecule has 3 rings (SSSR count). The summed E-state index contributed by atoms with van der Waals surface area (Å²) < 4.78 is 25.6. The molecule has 4 N–H and O–H groups in total. The molecule has 4 bridgehead atoms. The predicted octanol–water partition coefficient (Wildman–Crippen LogP) is 1.56. The molecule has 19 heavy (non-hydrogen) atoms. The zero-order valence-corrected chi connectivity index (χ0v) is 13.6. The van der Waals surface area contributed by atoms with Crippen molar-refractivity contribution < 1.29 is 38.9 Å². The molecule has 5 nitrogen and oxygen atoms in total. The number of ketones is 1. The first-order valence-electron chi connectivity index (χ1n) is 5.94. The molecule has 0 amide bonds. The molecule has 0 radical (unpaired) electrons. The minimum absolute atomic E-state index is 0.0896. The molecule has 1 aliphatic rings. The zero-order chi connectivity index (χ0) is 13.5. The van der Waals surface area contributed by atoms with Gasteiger partial charge in [0, 0.05) is 0 Å². The Labute approximate surface area is 119 Å². The number of hydrogen-bond donors (Lipinski definition) is 4. The molecule has 2 aromatic rings. The van der Waals surface area contributed by atoms with E-state index in [-0.39, 0.29) is 5.78 Å². The van der Waals surface area contributed by atoms with E-state index in [0.29, 0.717) is 22.5 Å². The molecule has 0 saturated carbocycles. The van der Waals surface area contributed by atoms with E-state index in [1.807, 2.05) is 0 Å². The number of fused-ring (bicyclic) bond motifs is 4. The van der Waals surface area contributed by atoms with Gasteiger partial charge >= 0.3 is 120 Å². The van der Waals surface area contributed by atoms with Crippen LogP contribution in [0.2, 0.25) is 0 Å². The fourth-order valence-corrected chi connectivity index (χ4v) is 6.44.